The van der Waals surface area contributed by atoms with Crippen LogP contribution in [-0.4, -0.2) is 42.0 Å². The number of rotatable bonds is 2. The number of pyridine rings is 1. The summed E-state index contributed by atoms with van der Waals surface area (Å²) in [5.74, 6) is 0.795. The number of aromatic nitrogens is 1. The van der Waals surface area contributed by atoms with Gasteiger partial charge in [-0.25, -0.2) is 0 Å². The molecule has 150 valence electrons. The Bertz CT molecular complexity index is 875. The average molecular weight is 380 g/mol. The van der Waals surface area contributed by atoms with E-state index in [2.05, 4.69) is 43.1 Å². The number of piperidine rings is 1. The van der Waals surface area contributed by atoms with Gasteiger partial charge in [-0.05, 0) is 62.1 Å². The maximum absolute atomic E-state index is 13.7. The molecule has 4 nitrogen and oxygen atoms in total. The molecule has 0 bridgehead atoms. The molecule has 1 amide bonds. The molecule has 0 spiro atoms. The van der Waals surface area contributed by atoms with E-state index in [9.17, 15) is 4.79 Å². The van der Waals surface area contributed by atoms with E-state index < -0.39 is 0 Å². The Balaban J connectivity index is 1.77. The number of likely N-dealkylation sites (tertiary alicyclic amines) is 1. The summed E-state index contributed by atoms with van der Waals surface area (Å²) in [5, 5.41) is 4.38. The highest BCUT2D eigenvalue weighted by Gasteiger charge is 2.34. The monoisotopic (exact) mass is 379 g/mol. The minimum absolute atomic E-state index is 0.207. The number of aryl methyl sites for hydroxylation is 1. The van der Waals surface area contributed by atoms with Crippen LogP contribution < -0.4 is 5.32 Å². The Morgan fingerprint density at radius 3 is 2.54 bits per heavy atom. The van der Waals surface area contributed by atoms with Crippen LogP contribution in [0.3, 0.4) is 0 Å². The van der Waals surface area contributed by atoms with Gasteiger partial charge in [-0.15, -0.1) is 0 Å². The second-order valence-corrected chi connectivity index (χ2v) is 9.59. The van der Waals surface area contributed by atoms with Crippen molar-refractivity contribution >= 4 is 16.8 Å². The van der Waals surface area contributed by atoms with Crippen LogP contribution in [0.25, 0.3) is 10.9 Å². The van der Waals surface area contributed by atoms with Gasteiger partial charge in [0.25, 0.3) is 5.91 Å². The maximum atomic E-state index is 13.7. The number of hydrogen-bond donors (Lipinski definition) is 1. The van der Waals surface area contributed by atoms with E-state index in [1.165, 1.54) is 5.56 Å². The number of carbonyl (C=O) groups is 1. The molecule has 2 aliphatic rings. The van der Waals surface area contributed by atoms with E-state index in [1.807, 2.05) is 19.2 Å². The number of fused-ring (bicyclic) bond motifs is 2. The molecule has 1 atom stereocenters. The van der Waals surface area contributed by atoms with E-state index in [4.69, 9.17) is 4.98 Å². The number of nitrogens with one attached hydrogen (secondary N) is 1. The first-order valence-corrected chi connectivity index (χ1v) is 10.8. The van der Waals surface area contributed by atoms with Gasteiger partial charge in [0, 0.05) is 30.2 Å². The van der Waals surface area contributed by atoms with Crippen molar-refractivity contribution in [3.05, 3.63) is 41.1 Å². The van der Waals surface area contributed by atoms with Gasteiger partial charge in [-0.1, -0.05) is 39.0 Å². The smallest absolute Gasteiger partial charge is 0.254 e. The van der Waals surface area contributed by atoms with Gasteiger partial charge in [0.1, 0.15) is 0 Å². The standard InChI is InChI=1S/C24H33N3O/c1-24(2,3)16-9-10-21-19(15-16)22(18-7-5-6-8-20(18)26-21)23(28)27-13-11-17(25-4)12-14-27/h5-8,16-17,25H,9-15H2,1-4H3. The third-order valence-electron chi connectivity index (χ3n) is 6.89. The molecule has 4 heteroatoms. The zero-order chi connectivity index (χ0) is 19.9. The summed E-state index contributed by atoms with van der Waals surface area (Å²) in [5.41, 5.74) is 4.49. The number of benzene rings is 1. The van der Waals surface area contributed by atoms with Gasteiger partial charge in [-0.3, -0.25) is 9.78 Å². The Hall–Kier alpha value is -1.94. The molecule has 28 heavy (non-hydrogen) atoms. The van der Waals surface area contributed by atoms with Crippen LogP contribution in [-0.2, 0) is 12.8 Å². The van der Waals surface area contributed by atoms with Crippen LogP contribution in [0.15, 0.2) is 24.3 Å². The molecule has 0 radical (unpaired) electrons. The Morgan fingerprint density at radius 2 is 1.86 bits per heavy atom. The fourth-order valence-electron chi connectivity index (χ4n) is 4.90. The lowest BCUT2D eigenvalue weighted by Gasteiger charge is -2.37. The largest absolute Gasteiger partial charge is 0.339 e. The predicted molar refractivity (Wildman–Crippen MR) is 115 cm³/mol. The quantitative estimate of drug-likeness (QED) is 0.850. The van der Waals surface area contributed by atoms with Gasteiger partial charge in [0.15, 0.2) is 0 Å². The fraction of sp³-hybridized carbons (Fsp3) is 0.583. The zero-order valence-corrected chi connectivity index (χ0v) is 17.7. The van der Waals surface area contributed by atoms with Crippen molar-refractivity contribution < 1.29 is 4.79 Å². The topological polar surface area (TPSA) is 45.2 Å². The second kappa shape index (κ2) is 7.47. The van der Waals surface area contributed by atoms with E-state index in [1.54, 1.807) is 0 Å². The van der Waals surface area contributed by atoms with Crippen LogP contribution in [0, 0.1) is 11.3 Å². The molecule has 2 aromatic rings. The summed E-state index contributed by atoms with van der Waals surface area (Å²) in [4.78, 5) is 20.7. The van der Waals surface area contributed by atoms with Crippen molar-refractivity contribution in [2.24, 2.45) is 11.3 Å². The molecule has 1 aliphatic heterocycles. The first kappa shape index (κ1) is 19.4. The lowest BCUT2D eigenvalue weighted by Crippen LogP contribution is -2.44. The minimum Gasteiger partial charge on any atom is -0.339 e. The molecule has 1 unspecified atom stereocenters. The van der Waals surface area contributed by atoms with Crippen molar-refractivity contribution in [3.8, 4) is 0 Å². The van der Waals surface area contributed by atoms with Crippen molar-refractivity contribution in [3.63, 3.8) is 0 Å². The number of amides is 1. The van der Waals surface area contributed by atoms with Crippen molar-refractivity contribution in [2.45, 2.75) is 58.9 Å². The van der Waals surface area contributed by atoms with Gasteiger partial charge in [0.05, 0.1) is 11.1 Å². The Kier molecular flexibility index (Phi) is 5.17. The minimum atomic E-state index is 0.207. The first-order chi connectivity index (χ1) is 13.4. The average Bonchev–Trinajstić information content (AvgIpc) is 2.70. The summed E-state index contributed by atoms with van der Waals surface area (Å²) >= 11 is 0. The fourth-order valence-corrected chi connectivity index (χ4v) is 4.90. The number of para-hydroxylation sites is 1. The summed E-state index contributed by atoms with van der Waals surface area (Å²) in [6.45, 7) is 8.63. The summed E-state index contributed by atoms with van der Waals surface area (Å²) < 4.78 is 0. The molecule has 1 saturated heterocycles. The molecule has 0 saturated carbocycles. The molecule has 1 aromatic carbocycles. The third-order valence-corrected chi connectivity index (χ3v) is 6.89. The van der Waals surface area contributed by atoms with Gasteiger partial charge < -0.3 is 10.2 Å². The second-order valence-electron chi connectivity index (χ2n) is 9.59. The van der Waals surface area contributed by atoms with E-state index in [0.717, 1.165) is 67.4 Å². The highest BCUT2D eigenvalue weighted by atomic mass is 16.2. The molecule has 1 aromatic heterocycles. The van der Waals surface area contributed by atoms with Crippen molar-refractivity contribution in [1.29, 1.82) is 0 Å². The molecule has 1 N–H and O–H groups in total. The highest BCUT2D eigenvalue weighted by molar-refractivity contribution is 6.07. The summed E-state index contributed by atoms with van der Waals surface area (Å²) in [6.07, 6.45) is 5.15. The maximum Gasteiger partial charge on any atom is 0.254 e. The van der Waals surface area contributed by atoms with E-state index in [0.29, 0.717) is 12.0 Å². The van der Waals surface area contributed by atoms with Gasteiger partial charge in [-0.2, -0.15) is 0 Å². The zero-order valence-electron chi connectivity index (χ0n) is 17.7. The predicted octanol–water partition coefficient (Wildman–Crippen LogP) is 4.21. The molecule has 4 rings (SSSR count). The van der Waals surface area contributed by atoms with Crippen LogP contribution >= 0.6 is 0 Å². The number of nitrogens with zero attached hydrogens (tertiary/aromatic N) is 2. The molecular weight excluding hydrogens is 346 g/mol. The lowest BCUT2D eigenvalue weighted by atomic mass is 9.70. The SMILES string of the molecule is CNC1CCN(C(=O)c2c3c(nc4ccccc24)CCC(C(C)(C)C)C3)CC1. The van der Waals surface area contributed by atoms with Crippen LogP contribution in [0.1, 0.15) is 61.6 Å². The normalized spacial score (nSPS) is 21.0. The number of hydrogen-bond acceptors (Lipinski definition) is 3. The molecule has 1 fully saturated rings. The van der Waals surface area contributed by atoms with E-state index >= 15 is 0 Å². The first-order valence-electron chi connectivity index (χ1n) is 10.8. The highest BCUT2D eigenvalue weighted by Crippen LogP contribution is 2.39. The van der Waals surface area contributed by atoms with Crippen molar-refractivity contribution in [1.82, 2.24) is 15.2 Å². The lowest BCUT2D eigenvalue weighted by molar-refractivity contribution is 0.0706. The van der Waals surface area contributed by atoms with Crippen LogP contribution in [0.2, 0.25) is 0 Å². The summed E-state index contributed by atoms with van der Waals surface area (Å²) in [6, 6.07) is 8.71. The molecule has 2 heterocycles. The summed E-state index contributed by atoms with van der Waals surface area (Å²) in [7, 11) is 2.02. The van der Waals surface area contributed by atoms with Crippen molar-refractivity contribution in [2.75, 3.05) is 20.1 Å². The Labute approximate surface area is 168 Å². The van der Waals surface area contributed by atoms with Crippen LogP contribution in [0.4, 0.5) is 0 Å². The van der Waals surface area contributed by atoms with Gasteiger partial charge in [0.2, 0.25) is 0 Å². The van der Waals surface area contributed by atoms with Crippen LogP contribution in [0.5, 0.6) is 0 Å². The Morgan fingerprint density at radius 1 is 1.14 bits per heavy atom. The van der Waals surface area contributed by atoms with E-state index in [-0.39, 0.29) is 11.3 Å². The molecule has 1 aliphatic carbocycles. The third kappa shape index (κ3) is 3.55. The van der Waals surface area contributed by atoms with Gasteiger partial charge >= 0.3 is 0 Å². The molecular formula is C24H33N3O. The number of carbonyl (C=O) groups excluding carboxylic acids is 1.